The predicted molar refractivity (Wildman–Crippen MR) is 84.7 cm³/mol. The van der Waals surface area contributed by atoms with Gasteiger partial charge in [-0.2, -0.15) is 0 Å². The lowest BCUT2D eigenvalue weighted by Crippen LogP contribution is -2.19. The van der Waals surface area contributed by atoms with Crippen molar-refractivity contribution in [2.75, 3.05) is 13.2 Å². The molecule has 2 rings (SSSR count). The molecule has 1 atom stereocenters. The molecule has 2 N–H and O–H groups in total. The van der Waals surface area contributed by atoms with Crippen LogP contribution in [0.3, 0.4) is 0 Å². The number of hydrogen-bond acceptors (Lipinski definition) is 2. The number of aromatic nitrogens is 1. The molecule has 0 spiro atoms. The van der Waals surface area contributed by atoms with E-state index in [9.17, 15) is 5.11 Å². The molecule has 0 saturated heterocycles. The van der Waals surface area contributed by atoms with Crippen LogP contribution in [0.25, 0.3) is 10.9 Å². The zero-order valence-corrected chi connectivity index (χ0v) is 12.8. The summed E-state index contributed by atoms with van der Waals surface area (Å²) in [7, 11) is 0. The van der Waals surface area contributed by atoms with Gasteiger partial charge in [0.1, 0.15) is 0 Å². The van der Waals surface area contributed by atoms with Crippen LogP contribution < -0.4 is 5.32 Å². The summed E-state index contributed by atoms with van der Waals surface area (Å²) in [6.07, 6.45) is 2.13. The van der Waals surface area contributed by atoms with Gasteiger partial charge in [0.15, 0.2) is 0 Å². The first-order valence-electron chi connectivity index (χ1n) is 7.50. The fraction of sp³-hybridized carbons (Fsp3) is 0.529. The SMILES string of the molecule is CC(C)CNCc1cccc2ccn(CC(C)CO)c12. The number of para-hydroxylation sites is 1. The maximum atomic E-state index is 9.25. The van der Waals surface area contributed by atoms with E-state index in [-0.39, 0.29) is 12.5 Å². The van der Waals surface area contributed by atoms with E-state index in [1.807, 2.05) is 0 Å². The highest BCUT2D eigenvalue weighted by Gasteiger charge is 2.09. The van der Waals surface area contributed by atoms with Crippen molar-refractivity contribution in [3.63, 3.8) is 0 Å². The second-order valence-corrected chi connectivity index (χ2v) is 6.14. The number of aliphatic hydroxyl groups excluding tert-OH is 1. The molecule has 1 heterocycles. The van der Waals surface area contributed by atoms with E-state index in [1.165, 1.54) is 16.5 Å². The van der Waals surface area contributed by atoms with E-state index < -0.39 is 0 Å². The van der Waals surface area contributed by atoms with Crippen molar-refractivity contribution in [2.45, 2.75) is 33.9 Å². The Morgan fingerprint density at radius 3 is 2.70 bits per heavy atom. The van der Waals surface area contributed by atoms with Crippen LogP contribution in [0.2, 0.25) is 0 Å². The number of fused-ring (bicyclic) bond motifs is 1. The summed E-state index contributed by atoms with van der Waals surface area (Å²) in [5.74, 6) is 0.942. The van der Waals surface area contributed by atoms with E-state index in [4.69, 9.17) is 0 Å². The lowest BCUT2D eigenvalue weighted by molar-refractivity contribution is 0.224. The molecular formula is C17H26N2O. The fourth-order valence-corrected chi connectivity index (χ4v) is 2.52. The fourth-order valence-electron chi connectivity index (χ4n) is 2.52. The van der Waals surface area contributed by atoms with Gasteiger partial charge in [-0.05, 0) is 35.4 Å². The van der Waals surface area contributed by atoms with Gasteiger partial charge in [-0.15, -0.1) is 0 Å². The first kappa shape index (κ1) is 15.1. The normalized spacial score (nSPS) is 13.2. The minimum atomic E-state index is 0.230. The van der Waals surface area contributed by atoms with Gasteiger partial charge in [0.25, 0.3) is 0 Å². The van der Waals surface area contributed by atoms with Crippen molar-refractivity contribution in [2.24, 2.45) is 11.8 Å². The molecule has 0 amide bonds. The minimum Gasteiger partial charge on any atom is -0.396 e. The molecule has 0 bridgehead atoms. The zero-order chi connectivity index (χ0) is 14.5. The molecule has 0 aliphatic heterocycles. The Labute approximate surface area is 121 Å². The molecule has 3 heteroatoms. The van der Waals surface area contributed by atoms with Crippen molar-refractivity contribution in [3.05, 3.63) is 36.0 Å². The molecule has 2 aromatic rings. The summed E-state index contributed by atoms with van der Waals surface area (Å²) < 4.78 is 2.27. The summed E-state index contributed by atoms with van der Waals surface area (Å²) in [5, 5.41) is 14.0. The van der Waals surface area contributed by atoms with Crippen LogP contribution in [0.15, 0.2) is 30.5 Å². The van der Waals surface area contributed by atoms with E-state index >= 15 is 0 Å². The zero-order valence-electron chi connectivity index (χ0n) is 12.8. The standard InChI is InChI=1S/C17H26N2O/c1-13(2)9-18-10-16-6-4-5-15-7-8-19(17(15)16)11-14(3)12-20/h4-8,13-14,18,20H,9-12H2,1-3H3. The van der Waals surface area contributed by atoms with Crippen LogP contribution in [0.4, 0.5) is 0 Å². The average molecular weight is 274 g/mol. The van der Waals surface area contributed by atoms with E-state index in [2.05, 4.69) is 61.1 Å². The minimum absolute atomic E-state index is 0.230. The first-order chi connectivity index (χ1) is 9.61. The van der Waals surface area contributed by atoms with Gasteiger partial charge >= 0.3 is 0 Å². The highest BCUT2D eigenvalue weighted by atomic mass is 16.3. The quantitative estimate of drug-likeness (QED) is 0.814. The van der Waals surface area contributed by atoms with E-state index in [1.54, 1.807) is 0 Å². The number of benzene rings is 1. The van der Waals surface area contributed by atoms with Gasteiger partial charge in [0.2, 0.25) is 0 Å². The van der Waals surface area contributed by atoms with Crippen molar-refractivity contribution < 1.29 is 5.11 Å². The molecule has 0 fully saturated rings. The van der Waals surface area contributed by atoms with E-state index in [0.717, 1.165) is 19.6 Å². The maximum Gasteiger partial charge on any atom is 0.0525 e. The summed E-state index contributed by atoms with van der Waals surface area (Å²) >= 11 is 0. The van der Waals surface area contributed by atoms with Crippen LogP contribution in [0.1, 0.15) is 26.3 Å². The lowest BCUT2D eigenvalue weighted by atomic mass is 10.1. The predicted octanol–water partition coefficient (Wildman–Crippen LogP) is 3.02. The highest BCUT2D eigenvalue weighted by Crippen LogP contribution is 2.21. The van der Waals surface area contributed by atoms with Gasteiger partial charge < -0.3 is 15.0 Å². The average Bonchev–Trinajstić information content (AvgIpc) is 2.82. The Morgan fingerprint density at radius 2 is 2.00 bits per heavy atom. The molecule has 0 radical (unpaired) electrons. The van der Waals surface area contributed by atoms with Gasteiger partial charge in [-0.3, -0.25) is 0 Å². The van der Waals surface area contributed by atoms with Gasteiger partial charge in [-0.1, -0.05) is 39.0 Å². The van der Waals surface area contributed by atoms with Gasteiger partial charge in [0.05, 0.1) is 5.52 Å². The number of hydrogen-bond donors (Lipinski definition) is 2. The summed E-state index contributed by atoms with van der Waals surface area (Å²) in [6.45, 7) is 9.54. The second-order valence-electron chi connectivity index (χ2n) is 6.14. The van der Waals surface area contributed by atoms with E-state index in [0.29, 0.717) is 5.92 Å². The van der Waals surface area contributed by atoms with Crippen LogP contribution in [-0.2, 0) is 13.1 Å². The Hall–Kier alpha value is -1.32. The maximum absolute atomic E-state index is 9.25. The molecule has 1 aromatic carbocycles. The van der Waals surface area contributed by atoms with Crippen molar-refractivity contribution >= 4 is 10.9 Å². The lowest BCUT2D eigenvalue weighted by Gasteiger charge is -2.14. The Kier molecular flexibility index (Phi) is 5.21. The molecule has 1 aromatic heterocycles. The van der Waals surface area contributed by atoms with Crippen LogP contribution >= 0.6 is 0 Å². The number of rotatable bonds is 7. The molecule has 0 aliphatic carbocycles. The summed E-state index contributed by atoms with van der Waals surface area (Å²) in [5.41, 5.74) is 2.63. The van der Waals surface area contributed by atoms with Crippen molar-refractivity contribution in [3.8, 4) is 0 Å². The molecule has 20 heavy (non-hydrogen) atoms. The molecular weight excluding hydrogens is 248 g/mol. The van der Waals surface area contributed by atoms with Crippen molar-refractivity contribution in [1.82, 2.24) is 9.88 Å². The van der Waals surface area contributed by atoms with Crippen LogP contribution in [0.5, 0.6) is 0 Å². The summed E-state index contributed by atoms with van der Waals surface area (Å²) in [6, 6.07) is 8.62. The highest BCUT2D eigenvalue weighted by molar-refractivity contribution is 5.83. The Bertz CT molecular complexity index is 545. The second kappa shape index (κ2) is 6.91. The van der Waals surface area contributed by atoms with Gasteiger partial charge in [0, 0.05) is 25.9 Å². The molecule has 0 aliphatic rings. The third-order valence-electron chi connectivity index (χ3n) is 3.56. The number of nitrogens with one attached hydrogen (secondary N) is 1. The molecule has 110 valence electrons. The monoisotopic (exact) mass is 274 g/mol. The third kappa shape index (κ3) is 3.62. The largest absolute Gasteiger partial charge is 0.396 e. The first-order valence-corrected chi connectivity index (χ1v) is 7.50. The number of nitrogens with zero attached hydrogens (tertiary/aromatic N) is 1. The van der Waals surface area contributed by atoms with Crippen molar-refractivity contribution in [1.29, 1.82) is 0 Å². The van der Waals surface area contributed by atoms with Crippen LogP contribution in [-0.4, -0.2) is 22.8 Å². The van der Waals surface area contributed by atoms with Crippen LogP contribution in [0, 0.1) is 11.8 Å². The van der Waals surface area contributed by atoms with Gasteiger partial charge in [-0.25, -0.2) is 0 Å². The molecule has 3 nitrogen and oxygen atoms in total. The molecule has 1 unspecified atom stereocenters. The molecule has 0 saturated carbocycles. The topological polar surface area (TPSA) is 37.2 Å². The number of aliphatic hydroxyl groups is 1. The smallest absolute Gasteiger partial charge is 0.0525 e. The summed E-state index contributed by atoms with van der Waals surface area (Å²) in [4.78, 5) is 0. The third-order valence-corrected chi connectivity index (χ3v) is 3.56. The Balaban J connectivity index is 2.22. The Morgan fingerprint density at radius 1 is 1.20 bits per heavy atom.